The van der Waals surface area contributed by atoms with Crippen molar-refractivity contribution in [2.24, 2.45) is 0 Å². The van der Waals surface area contributed by atoms with Gasteiger partial charge in [0.1, 0.15) is 6.61 Å². The van der Waals surface area contributed by atoms with Crippen molar-refractivity contribution in [1.29, 1.82) is 5.26 Å². The number of ether oxygens (including phenoxy) is 1. The highest BCUT2D eigenvalue weighted by Gasteiger charge is 2.07. The summed E-state index contributed by atoms with van der Waals surface area (Å²) >= 11 is 0. The molecule has 68 valence electrons. The minimum atomic E-state index is -1.01. The minimum absolute atomic E-state index is 0.0663. The van der Waals surface area contributed by atoms with Gasteiger partial charge in [0.05, 0.1) is 12.5 Å². The van der Waals surface area contributed by atoms with Gasteiger partial charge in [-0.1, -0.05) is 6.07 Å². The molecule has 0 N–H and O–H groups in total. The molecule has 0 aliphatic rings. The van der Waals surface area contributed by atoms with Crippen LogP contribution in [0, 0.1) is 23.0 Å². The SMILES string of the molecule is N#CCCOc1cccc(F)c1F. The molecular formula is C9H7F2NO. The number of hydrogen-bond donors (Lipinski definition) is 0. The smallest absolute Gasteiger partial charge is 0.200 e. The standard InChI is InChI=1S/C9H7F2NO/c10-7-3-1-4-8(9(7)11)13-6-2-5-12/h1,3-4H,2,6H2. The molecule has 1 rings (SSSR count). The lowest BCUT2D eigenvalue weighted by Crippen LogP contribution is -1.99. The quantitative estimate of drug-likeness (QED) is 0.673. The summed E-state index contributed by atoms with van der Waals surface area (Å²) in [5.41, 5.74) is 0. The molecule has 0 aliphatic carbocycles. The Bertz CT molecular complexity index is 333. The van der Waals surface area contributed by atoms with Gasteiger partial charge >= 0.3 is 0 Å². The van der Waals surface area contributed by atoms with Crippen LogP contribution in [0.3, 0.4) is 0 Å². The Balaban J connectivity index is 2.67. The maximum atomic E-state index is 12.8. The highest BCUT2D eigenvalue weighted by Crippen LogP contribution is 2.18. The first-order valence-electron chi connectivity index (χ1n) is 3.69. The lowest BCUT2D eigenvalue weighted by molar-refractivity contribution is 0.303. The summed E-state index contributed by atoms with van der Waals surface area (Å²) in [4.78, 5) is 0. The third-order valence-corrected chi connectivity index (χ3v) is 1.39. The second kappa shape index (κ2) is 4.41. The maximum Gasteiger partial charge on any atom is 0.200 e. The predicted octanol–water partition coefficient (Wildman–Crippen LogP) is 2.26. The summed E-state index contributed by atoms with van der Waals surface area (Å²) < 4.78 is 30.2. The van der Waals surface area contributed by atoms with Crippen LogP contribution in [0.4, 0.5) is 8.78 Å². The zero-order valence-electron chi connectivity index (χ0n) is 6.76. The minimum Gasteiger partial charge on any atom is -0.489 e. The first kappa shape index (κ1) is 9.46. The van der Waals surface area contributed by atoms with Crippen molar-refractivity contribution >= 4 is 0 Å². The Morgan fingerprint density at radius 2 is 2.15 bits per heavy atom. The van der Waals surface area contributed by atoms with E-state index in [1.54, 1.807) is 0 Å². The van der Waals surface area contributed by atoms with Crippen molar-refractivity contribution in [1.82, 2.24) is 0 Å². The Morgan fingerprint density at radius 1 is 1.38 bits per heavy atom. The van der Waals surface area contributed by atoms with Crippen molar-refractivity contribution in [2.75, 3.05) is 6.61 Å². The highest BCUT2D eigenvalue weighted by atomic mass is 19.2. The van der Waals surface area contributed by atoms with Crippen LogP contribution in [0.2, 0.25) is 0 Å². The van der Waals surface area contributed by atoms with Crippen molar-refractivity contribution in [3.8, 4) is 11.8 Å². The van der Waals surface area contributed by atoms with E-state index in [4.69, 9.17) is 10.00 Å². The number of halogens is 2. The van der Waals surface area contributed by atoms with Crippen molar-refractivity contribution in [3.05, 3.63) is 29.8 Å². The molecule has 0 bridgehead atoms. The third kappa shape index (κ3) is 2.41. The van der Waals surface area contributed by atoms with E-state index < -0.39 is 11.6 Å². The maximum absolute atomic E-state index is 12.8. The first-order valence-corrected chi connectivity index (χ1v) is 3.69. The molecule has 0 atom stereocenters. The Morgan fingerprint density at radius 3 is 2.85 bits per heavy atom. The molecule has 0 heterocycles. The summed E-state index contributed by atoms with van der Waals surface area (Å²) in [6, 6.07) is 5.50. The van der Waals surface area contributed by atoms with Gasteiger partial charge in [-0.15, -0.1) is 0 Å². The summed E-state index contributed by atoms with van der Waals surface area (Å²) in [7, 11) is 0. The van der Waals surface area contributed by atoms with Gasteiger partial charge in [-0.2, -0.15) is 9.65 Å². The van der Waals surface area contributed by atoms with Gasteiger partial charge in [0.15, 0.2) is 11.6 Å². The van der Waals surface area contributed by atoms with Crippen LogP contribution in [0.1, 0.15) is 6.42 Å². The predicted molar refractivity (Wildman–Crippen MR) is 42.1 cm³/mol. The topological polar surface area (TPSA) is 33.0 Å². The van der Waals surface area contributed by atoms with Crippen LogP contribution in [0.15, 0.2) is 18.2 Å². The number of rotatable bonds is 3. The van der Waals surface area contributed by atoms with E-state index in [-0.39, 0.29) is 18.8 Å². The molecule has 2 nitrogen and oxygen atoms in total. The molecule has 0 aromatic heterocycles. The number of nitrogens with zero attached hydrogens (tertiary/aromatic N) is 1. The van der Waals surface area contributed by atoms with E-state index in [0.717, 1.165) is 6.07 Å². The monoisotopic (exact) mass is 183 g/mol. The van der Waals surface area contributed by atoms with Crippen LogP contribution in [0.25, 0.3) is 0 Å². The van der Waals surface area contributed by atoms with Gasteiger partial charge in [0, 0.05) is 0 Å². The molecule has 0 radical (unpaired) electrons. The van der Waals surface area contributed by atoms with Gasteiger partial charge in [0.2, 0.25) is 5.82 Å². The zero-order chi connectivity index (χ0) is 9.68. The van der Waals surface area contributed by atoms with E-state index >= 15 is 0 Å². The van der Waals surface area contributed by atoms with Gasteiger partial charge in [-0.25, -0.2) is 4.39 Å². The molecule has 13 heavy (non-hydrogen) atoms. The molecule has 0 fully saturated rings. The average Bonchev–Trinajstić information content (AvgIpc) is 2.13. The van der Waals surface area contributed by atoms with E-state index in [1.807, 2.05) is 6.07 Å². The molecule has 4 heteroatoms. The Labute approximate surface area is 74.4 Å². The molecule has 0 saturated heterocycles. The second-order valence-corrected chi connectivity index (χ2v) is 2.31. The molecule has 0 amide bonds. The van der Waals surface area contributed by atoms with Crippen LogP contribution >= 0.6 is 0 Å². The normalized spacial score (nSPS) is 9.31. The molecule has 1 aromatic rings. The fourth-order valence-corrected chi connectivity index (χ4v) is 0.802. The molecule has 0 saturated carbocycles. The third-order valence-electron chi connectivity index (χ3n) is 1.39. The van der Waals surface area contributed by atoms with Gasteiger partial charge in [-0.05, 0) is 12.1 Å². The fourth-order valence-electron chi connectivity index (χ4n) is 0.802. The van der Waals surface area contributed by atoms with Crippen LogP contribution in [-0.4, -0.2) is 6.61 Å². The molecule has 0 spiro atoms. The Hall–Kier alpha value is -1.63. The molecular weight excluding hydrogens is 176 g/mol. The zero-order valence-corrected chi connectivity index (χ0v) is 6.76. The van der Waals surface area contributed by atoms with E-state index in [0.29, 0.717) is 0 Å². The Kier molecular flexibility index (Phi) is 3.21. The van der Waals surface area contributed by atoms with Crippen molar-refractivity contribution < 1.29 is 13.5 Å². The number of benzene rings is 1. The van der Waals surface area contributed by atoms with E-state index in [9.17, 15) is 8.78 Å². The number of hydrogen-bond acceptors (Lipinski definition) is 2. The van der Waals surface area contributed by atoms with Crippen molar-refractivity contribution in [3.63, 3.8) is 0 Å². The lowest BCUT2D eigenvalue weighted by atomic mass is 10.3. The van der Waals surface area contributed by atoms with Crippen LogP contribution < -0.4 is 4.74 Å². The molecule has 0 unspecified atom stereocenters. The summed E-state index contributed by atoms with van der Waals surface area (Å²) in [5, 5.41) is 8.17. The first-order chi connectivity index (χ1) is 6.25. The molecule has 1 aromatic carbocycles. The fraction of sp³-hybridized carbons (Fsp3) is 0.222. The van der Waals surface area contributed by atoms with E-state index in [2.05, 4.69) is 0 Å². The van der Waals surface area contributed by atoms with Gasteiger partial charge < -0.3 is 4.74 Å². The molecule has 0 aliphatic heterocycles. The highest BCUT2D eigenvalue weighted by molar-refractivity contribution is 5.24. The average molecular weight is 183 g/mol. The summed E-state index contributed by atoms with van der Waals surface area (Å²) in [6.45, 7) is 0.0663. The number of nitriles is 1. The van der Waals surface area contributed by atoms with Gasteiger partial charge in [0.25, 0.3) is 0 Å². The summed E-state index contributed by atoms with van der Waals surface area (Å²) in [5.74, 6) is -2.12. The van der Waals surface area contributed by atoms with Crippen molar-refractivity contribution in [2.45, 2.75) is 6.42 Å². The van der Waals surface area contributed by atoms with E-state index in [1.165, 1.54) is 12.1 Å². The second-order valence-electron chi connectivity index (χ2n) is 2.31. The van der Waals surface area contributed by atoms with Gasteiger partial charge in [-0.3, -0.25) is 0 Å². The summed E-state index contributed by atoms with van der Waals surface area (Å²) in [6.07, 6.45) is 0.149. The lowest BCUT2D eigenvalue weighted by Gasteiger charge is -2.04. The largest absolute Gasteiger partial charge is 0.489 e. The van der Waals surface area contributed by atoms with Crippen LogP contribution in [-0.2, 0) is 0 Å². The van der Waals surface area contributed by atoms with Crippen LogP contribution in [0.5, 0.6) is 5.75 Å².